The first-order valence-electron chi connectivity index (χ1n) is 8.97. The number of nitrogens with zero attached hydrogens (tertiary/aromatic N) is 2. The molecule has 3 aromatic rings. The Labute approximate surface area is 173 Å². The van der Waals surface area contributed by atoms with Gasteiger partial charge >= 0.3 is 0 Å². The summed E-state index contributed by atoms with van der Waals surface area (Å²) in [7, 11) is 0. The van der Waals surface area contributed by atoms with Gasteiger partial charge in [-0.25, -0.2) is 0 Å². The molecule has 2 aromatic carbocycles. The Bertz CT molecular complexity index is 972. The van der Waals surface area contributed by atoms with Gasteiger partial charge in [0.15, 0.2) is 10.4 Å². The molecule has 5 nitrogen and oxygen atoms in total. The molecule has 0 saturated carbocycles. The molecule has 146 valence electrons. The number of hydrogen-bond donors (Lipinski definition) is 1. The number of hydrogen-bond acceptors (Lipinski definition) is 6. The highest BCUT2D eigenvalue weighted by Gasteiger charge is 2.17. The van der Waals surface area contributed by atoms with Crippen LogP contribution < -0.4 is 10.1 Å². The third-order valence-electron chi connectivity index (χ3n) is 4.24. The van der Waals surface area contributed by atoms with Crippen LogP contribution in [-0.2, 0) is 10.5 Å². The molecule has 28 heavy (non-hydrogen) atoms. The average molecular weight is 414 g/mol. The van der Waals surface area contributed by atoms with Gasteiger partial charge in [-0.3, -0.25) is 10.1 Å². The molecule has 0 fully saturated rings. The molecule has 0 spiro atoms. The lowest BCUT2D eigenvalue weighted by Crippen LogP contribution is -2.30. The number of amides is 1. The van der Waals surface area contributed by atoms with Gasteiger partial charge in [0.25, 0.3) is 5.91 Å². The summed E-state index contributed by atoms with van der Waals surface area (Å²) in [5.74, 6) is 1.25. The normalized spacial score (nSPS) is 11.9. The monoisotopic (exact) mass is 413 g/mol. The van der Waals surface area contributed by atoms with Gasteiger partial charge in [0.05, 0.1) is 0 Å². The Morgan fingerprint density at radius 3 is 2.71 bits per heavy atom. The predicted molar refractivity (Wildman–Crippen MR) is 115 cm³/mol. The van der Waals surface area contributed by atoms with E-state index in [0.29, 0.717) is 10.9 Å². The van der Waals surface area contributed by atoms with E-state index in [0.717, 1.165) is 15.7 Å². The lowest BCUT2D eigenvalue weighted by Gasteiger charge is -2.14. The SMILES string of the molecule is Cc1cccc(CSc2nnc(NC(=O)C(C)Oc3ccc(C)c(C)c3)s2)c1. The van der Waals surface area contributed by atoms with E-state index in [4.69, 9.17) is 4.74 Å². The van der Waals surface area contributed by atoms with E-state index < -0.39 is 6.10 Å². The number of benzene rings is 2. The zero-order valence-corrected chi connectivity index (χ0v) is 18.0. The van der Waals surface area contributed by atoms with E-state index in [1.165, 1.54) is 28.0 Å². The highest BCUT2D eigenvalue weighted by Crippen LogP contribution is 2.28. The second-order valence-corrected chi connectivity index (χ2v) is 8.85. The number of thioether (sulfide) groups is 1. The van der Waals surface area contributed by atoms with Crippen LogP contribution in [0, 0.1) is 20.8 Å². The van der Waals surface area contributed by atoms with Crippen LogP contribution >= 0.6 is 23.1 Å². The minimum absolute atomic E-state index is 0.246. The largest absolute Gasteiger partial charge is 0.481 e. The van der Waals surface area contributed by atoms with Crippen LogP contribution in [0.5, 0.6) is 5.75 Å². The summed E-state index contributed by atoms with van der Waals surface area (Å²) in [6, 6.07) is 14.2. The summed E-state index contributed by atoms with van der Waals surface area (Å²) in [4.78, 5) is 12.4. The fourth-order valence-corrected chi connectivity index (χ4v) is 4.22. The molecule has 1 amide bonds. The molecular weight excluding hydrogens is 390 g/mol. The highest BCUT2D eigenvalue weighted by molar-refractivity contribution is 8.00. The summed E-state index contributed by atoms with van der Waals surface area (Å²) in [5, 5.41) is 11.5. The Kier molecular flexibility index (Phi) is 6.70. The lowest BCUT2D eigenvalue weighted by atomic mass is 10.1. The highest BCUT2D eigenvalue weighted by atomic mass is 32.2. The Morgan fingerprint density at radius 2 is 1.96 bits per heavy atom. The zero-order chi connectivity index (χ0) is 20.1. The Morgan fingerprint density at radius 1 is 1.14 bits per heavy atom. The van der Waals surface area contributed by atoms with Crippen LogP contribution in [0.25, 0.3) is 0 Å². The molecule has 7 heteroatoms. The number of carbonyl (C=O) groups is 1. The molecule has 1 heterocycles. The second-order valence-electron chi connectivity index (χ2n) is 6.65. The Balaban J connectivity index is 1.53. The summed E-state index contributed by atoms with van der Waals surface area (Å²) in [6.07, 6.45) is -0.630. The lowest BCUT2D eigenvalue weighted by molar-refractivity contribution is -0.122. The molecule has 0 aliphatic heterocycles. The van der Waals surface area contributed by atoms with Crippen LogP contribution in [0.1, 0.15) is 29.2 Å². The minimum atomic E-state index is -0.630. The van der Waals surface area contributed by atoms with Gasteiger partial charge in [-0.2, -0.15) is 0 Å². The molecule has 0 aliphatic carbocycles. The quantitative estimate of drug-likeness (QED) is 0.428. The van der Waals surface area contributed by atoms with Gasteiger partial charge < -0.3 is 4.74 Å². The summed E-state index contributed by atoms with van der Waals surface area (Å²) < 4.78 is 6.57. The van der Waals surface area contributed by atoms with Gasteiger partial charge in [0, 0.05) is 5.75 Å². The number of anilines is 1. The van der Waals surface area contributed by atoms with E-state index in [1.807, 2.05) is 38.1 Å². The van der Waals surface area contributed by atoms with Crippen LogP contribution in [0.2, 0.25) is 0 Å². The van der Waals surface area contributed by atoms with E-state index in [9.17, 15) is 4.79 Å². The standard InChI is InChI=1S/C21H23N3O2S2/c1-13-6-5-7-17(10-13)12-27-21-24-23-20(28-21)22-19(25)16(4)26-18-9-8-14(2)15(3)11-18/h5-11,16H,12H2,1-4H3,(H,22,23,25). The van der Waals surface area contributed by atoms with Crippen molar-refractivity contribution in [3.63, 3.8) is 0 Å². The summed E-state index contributed by atoms with van der Waals surface area (Å²) >= 11 is 2.97. The first-order valence-corrected chi connectivity index (χ1v) is 10.8. The van der Waals surface area contributed by atoms with Crippen molar-refractivity contribution in [2.45, 2.75) is 43.9 Å². The van der Waals surface area contributed by atoms with Crippen molar-refractivity contribution < 1.29 is 9.53 Å². The van der Waals surface area contributed by atoms with E-state index >= 15 is 0 Å². The fraction of sp³-hybridized carbons (Fsp3) is 0.286. The number of aromatic nitrogens is 2. The third-order valence-corrected chi connectivity index (χ3v) is 6.29. The number of rotatable bonds is 7. The number of aryl methyl sites for hydroxylation is 3. The van der Waals surface area contributed by atoms with Crippen molar-refractivity contribution in [3.8, 4) is 5.75 Å². The van der Waals surface area contributed by atoms with E-state index in [-0.39, 0.29) is 5.91 Å². The zero-order valence-electron chi connectivity index (χ0n) is 16.4. The first kappa shape index (κ1) is 20.4. The molecule has 1 N–H and O–H groups in total. The molecule has 1 aromatic heterocycles. The maximum absolute atomic E-state index is 12.4. The topological polar surface area (TPSA) is 64.1 Å². The maximum atomic E-state index is 12.4. The molecule has 0 saturated heterocycles. The van der Waals surface area contributed by atoms with Crippen molar-refractivity contribution in [1.29, 1.82) is 0 Å². The molecule has 1 unspecified atom stereocenters. The number of nitrogens with one attached hydrogen (secondary N) is 1. The van der Waals surface area contributed by atoms with Crippen LogP contribution in [0.3, 0.4) is 0 Å². The van der Waals surface area contributed by atoms with Crippen molar-refractivity contribution in [2.24, 2.45) is 0 Å². The van der Waals surface area contributed by atoms with Crippen LogP contribution in [0.15, 0.2) is 46.8 Å². The molecule has 3 rings (SSSR count). The smallest absolute Gasteiger partial charge is 0.266 e. The molecule has 0 radical (unpaired) electrons. The van der Waals surface area contributed by atoms with Crippen molar-refractivity contribution in [1.82, 2.24) is 10.2 Å². The minimum Gasteiger partial charge on any atom is -0.481 e. The maximum Gasteiger partial charge on any atom is 0.266 e. The molecule has 1 atom stereocenters. The van der Waals surface area contributed by atoms with Crippen molar-refractivity contribution in [2.75, 3.05) is 5.32 Å². The van der Waals surface area contributed by atoms with Crippen molar-refractivity contribution >= 4 is 34.1 Å². The predicted octanol–water partition coefficient (Wildman–Crippen LogP) is 5.16. The second kappa shape index (κ2) is 9.21. The van der Waals surface area contributed by atoms with E-state index in [2.05, 4.69) is 40.6 Å². The van der Waals surface area contributed by atoms with E-state index in [1.54, 1.807) is 18.7 Å². The molecule has 0 aliphatic rings. The van der Waals surface area contributed by atoms with Gasteiger partial charge in [-0.1, -0.05) is 59.0 Å². The van der Waals surface area contributed by atoms with Crippen LogP contribution in [0.4, 0.5) is 5.13 Å². The first-order chi connectivity index (χ1) is 13.4. The molecular formula is C21H23N3O2S2. The summed E-state index contributed by atoms with van der Waals surface area (Å²) in [6.45, 7) is 7.86. The van der Waals surface area contributed by atoms with Crippen molar-refractivity contribution in [3.05, 3.63) is 64.7 Å². The van der Waals surface area contributed by atoms with Gasteiger partial charge in [0.2, 0.25) is 5.13 Å². The number of ether oxygens (including phenoxy) is 1. The van der Waals surface area contributed by atoms with Gasteiger partial charge in [-0.15, -0.1) is 10.2 Å². The van der Waals surface area contributed by atoms with Gasteiger partial charge in [0.1, 0.15) is 5.75 Å². The third kappa shape index (κ3) is 5.56. The summed E-state index contributed by atoms with van der Waals surface area (Å²) in [5.41, 5.74) is 4.79. The van der Waals surface area contributed by atoms with Crippen LogP contribution in [-0.4, -0.2) is 22.2 Å². The average Bonchev–Trinajstić information content (AvgIpc) is 3.10. The molecule has 0 bridgehead atoms. The Hall–Kier alpha value is -2.38. The fourth-order valence-electron chi connectivity index (χ4n) is 2.52. The number of carbonyl (C=O) groups excluding carboxylic acids is 1. The van der Waals surface area contributed by atoms with Gasteiger partial charge in [-0.05, 0) is 56.5 Å².